The fourth-order valence-electron chi connectivity index (χ4n) is 5.09. The van der Waals surface area contributed by atoms with E-state index in [-0.39, 0.29) is 5.60 Å². The van der Waals surface area contributed by atoms with Gasteiger partial charge in [0, 0.05) is 38.7 Å². The van der Waals surface area contributed by atoms with Gasteiger partial charge in [0.05, 0.1) is 12.2 Å². The Hall–Kier alpha value is -1.36. The van der Waals surface area contributed by atoms with E-state index in [0.29, 0.717) is 17.9 Å². The van der Waals surface area contributed by atoms with Crippen molar-refractivity contribution < 1.29 is 14.2 Å². The number of hydrogen-bond donors (Lipinski definition) is 1. The number of anilines is 1. The minimum Gasteiger partial charge on any atom is -0.398 e. The van der Waals surface area contributed by atoms with E-state index in [2.05, 4.69) is 38.1 Å². The smallest absolute Gasteiger partial charge is 0.0921 e. The molecule has 0 aromatic heterocycles. The van der Waals surface area contributed by atoms with Crippen LogP contribution in [0, 0.1) is 5.41 Å². The third-order valence-corrected chi connectivity index (χ3v) is 6.98. The van der Waals surface area contributed by atoms with Gasteiger partial charge >= 0.3 is 0 Å². The molecule has 4 heteroatoms. The first kappa shape index (κ1) is 23.3. The normalized spacial score (nSPS) is 24.6. The summed E-state index contributed by atoms with van der Waals surface area (Å²) in [5.41, 5.74) is 11.6. The van der Waals surface area contributed by atoms with Gasteiger partial charge in [-0.25, -0.2) is 0 Å². The molecule has 2 N–H and O–H groups in total. The van der Waals surface area contributed by atoms with Crippen LogP contribution in [-0.4, -0.2) is 39.6 Å². The average Bonchev–Trinajstić information content (AvgIpc) is 3.17. The first-order valence-corrected chi connectivity index (χ1v) is 11.6. The van der Waals surface area contributed by atoms with Crippen LogP contribution in [0.25, 0.3) is 5.57 Å². The fraction of sp³-hybridized carbons (Fsp3) is 0.692. The Morgan fingerprint density at radius 3 is 2.63 bits per heavy atom. The third kappa shape index (κ3) is 5.87. The van der Waals surface area contributed by atoms with Crippen LogP contribution in [0.4, 0.5) is 5.69 Å². The van der Waals surface area contributed by atoms with Gasteiger partial charge in [-0.15, -0.1) is 0 Å². The summed E-state index contributed by atoms with van der Waals surface area (Å²) in [7, 11) is 3.56. The van der Waals surface area contributed by atoms with Gasteiger partial charge in [-0.1, -0.05) is 26.0 Å². The maximum atomic E-state index is 6.44. The van der Waals surface area contributed by atoms with Crippen molar-refractivity contribution in [1.82, 2.24) is 0 Å². The monoisotopic (exact) mass is 415 g/mol. The number of allylic oxidation sites excluding steroid dienone is 2. The quantitative estimate of drug-likeness (QED) is 0.378. The second-order valence-electron chi connectivity index (χ2n) is 10.0. The molecule has 0 saturated carbocycles. The Balaban J connectivity index is 1.86. The van der Waals surface area contributed by atoms with Gasteiger partial charge in [-0.3, -0.25) is 0 Å². The molecular formula is C26H41NO3. The highest BCUT2D eigenvalue weighted by molar-refractivity contribution is 5.76. The lowest BCUT2D eigenvalue weighted by molar-refractivity contribution is -0.0612. The van der Waals surface area contributed by atoms with Crippen LogP contribution in [0.1, 0.15) is 82.3 Å². The number of benzene rings is 1. The SMILES string of the molecule is COCCC[C@@H](C[C@@]1(COC)CCCO1)c1ccc(N)c(C2=CCC(C)(C)CC2)c1. The molecule has 0 bridgehead atoms. The van der Waals surface area contributed by atoms with Crippen molar-refractivity contribution in [3.8, 4) is 0 Å². The Labute approximate surface area is 183 Å². The first-order valence-electron chi connectivity index (χ1n) is 11.6. The lowest BCUT2D eigenvalue weighted by atomic mass is 9.76. The molecule has 2 aliphatic rings. The van der Waals surface area contributed by atoms with Crippen LogP contribution >= 0.6 is 0 Å². The molecule has 1 aromatic carbocycles. The second-order valence-corrected chi connectivity index (χ2v) is 10.0. The standard InChI is InChI=1S/C26H41NO3/c1-25(2)13-10-20(11-14-25)23-17-21(8-9-24(23)27)22(7-5-15-28-3)18-26(19-29-4)12-6-16-30-26/h8-10,17,22H,5-7,11-16,18-19,27H2,1-4H3/t22-,26+/m0/s1. The molecule has 3 rings (SSSR count). The van der Waals surface area contributed by atoms with Gasteiger partial charge in [-0.05, 0) is 86.0 Å². The molecule has 4 nitrogen and oxygen atoms in total. The van der Waals surface area contributed by atoms with E-state index in [1.165, 1.54) is 23.1 Å². The topological polar surface area (TPSA) is 53.7 Å². The van der Waals surface area contributed by atoms with E-state index in [0.717, 1.165) is 63.8 Å². The molecule has 0 amide bonds. The fourth-order valence-corrected chi connectivity index (χ4v) is 5.09. The number of methoxy groups -OCH3 is 2. The van der Waals surface area contributed by atoms with Crippen LogP contribution in [0.15, 0.2) is 24.3 Å². The van der Waals surface area contributed by atoms with Crippen molar-refractivity contribution in [2.45, 2.75) is 76.7 Å². The summed E-state index contributed by atoms with van der Waals surface area (Å²) in [5.74, 6) is 0.411. The summed E-state index contributed by atoms with van der Waals surface area (Å²) < 4.78 is 17.2. The molecule has 1 aliphatic carbocycles. The Bertz CT molecular complexity index is 719. The van der Waals surface area contributed by atoms with Crippen molar-refractivity contribution in [2.75, 3.05) is 39.8 Å². The molecule has 2 atom stereocenters. The first-order chi connectivity index (χ1) is 14.4. The van der Waals surface area contributed by atoms with Gasteiger partial charge in [0.25, 0.3) is 0 Å². The van der Waals surface area contributed by atoms with E-state index in [1.807, 2.05) is 0 Å². The van der Waals surface area contributed by atoms with Crippen LogP contribution in [0.2, 0.25) is 0 Å². The van der Waals surface area contributed by atoms with Crippen molar-refractivity contribution in [2.24, 2.45) is 5.41 Å². The van der Waals surface area contributed by atoms with Gasteiger partial charge in [0.15, 0.2) is 0 Å². The Morgan fingerprint density at radius 1 is 1.17 bits per heavy atom. The zero-order valence-corrected chi connectivity index (χ0v) is 19.5. The van der Waals surface area contributed by atoms with E-state index in [9.17, 15) is 0 Å². The van der Waals surface area contributed by atoms with Crippen molar-refractivity contribution >= 4 is 11.3 Å². The number of nitrogens with two attached hydrogens (primary N) is 1. The third-order valence-electron chi connectivity index (χ3n) is 6.98. The minimum atomic E-state index is -0.165. The highest BCUT2D eigenvalue weighted by atomic mass is 16.5. The zero-order valence-electron chi connectivity index (χ0n) is 19.5. The van der Waals surface area contributed by atoms with Crippen LogP contribution in [0.3, 0.4) is 0 Å². The molecule has 1 aliphatic heterocycles. The van der Waals surface area contributed by atoms with Gasteiger partial charge in [0.2, 0.25) is 0 Å². The van der Waals surface area contributed by atoms with Crippen molar-refractivity contribution in [3.05, 3.63) is 35.4 Å². The molecular weight excluding hydrogens is 374 g/mol. The molecule has 1 fully saturated rings. The second kappa shape index (κ2) is 10.3. The predicted molar refractivity (Wildman–Crippen MR) is 125 cm³/mol. The van der Waals surface area contributed by atoms with Crippen LogP contribution in [0.5, 0.6) is 0 Å². The number of rotatable bonds is 10. The maximum absolute atomic E-state index is 6.44. The molecule has 0 radical (unpaired) electrons. The van der Waals surface area contributed by atoms with Crippen LogP contribution < -0.4 is 5.73 Å². The van der Waals surface area contributed by atoms with Gasteiger partial charge in [0.1, 0.15) is 0 Å². The summed E-state index contributed by atoms with van der Waals surface area (Å²) >= 11 is 0. The Morgan fingerprint density at radius 2 is 2.00 bits per heavy atom. The summed E-state index contributed by atoms with van der Waals surface area (Å²) in [6, 6.07) is 6.68. The van der Waals surface area contributed by atoms with E-state index in [1.54, 1.807) is 14.2 Å². The molecule has 1 saturated heterocycles. The number of nitrogen functional groups attached to an aromatic ring is 1. The minimum absolute atomic E-state index is 0.165. The average molecular weight is 416 g/mol. The molecule has 0 unspecified atom stereocenters. The Kier molecular flexibility index (Phi) is 8.00. The molecule has 0 spiro atoms. The molecule has 1 aromatic rings. The lowest BCUT2D eigenvalue weighted by Gasteiger charge is -2.33. The number of hydrogen-bond acceptors (Lipinski definition) is 4. The maximum Gasteiger partial charge on any atom is 0.0921 e. The van der Waals surface area contributed by atoms with Crippen molar-refractivity contribution in [1.29, 1.82) is 0 Å². The van der Waals surface area contributed by atoms with Gasteiger partial charge < -0.3 is 19.9 Å². The highest BCUT2D eigenvalue weighted by Crippen LogP contribution is 2.42. The summed E-state index contributed by atoms with van der Waals surface area (Å²) in [4.78, 5) is 0. The lowest BCUT2D eigenvalue weighted by Crippen LogP contribution is -2.35. The molecule has 1 heterocycles. The highest BCUT2D eigenvalue weighted by Gasteiger charge is 2.38. The summed E-state index contributed by atoms with van der Waals surface area (Å²) in [6.07, 6.45) is 11.1. The molecule has 168 valence electrons. The predicted octanol–water partition coefficient (Wildman–Crippen LogP) is 5.96. The number of ether oxygens (including phenoxy) is 3. The largest absolute Gasteiger partial charge is 0.398 e. The van der Waals surface area contributed by atoms with E-state index >= 15 is 0 Å². The summed E-state index contributed by atoms with van der Waals surface area (Å²) in [6.45, 7) is 6.99. The van der Waals surface area contributed by atoms with Crippen LogP contribution in [-0.2, 0) is 14.2 Å². The van der Waals surface area contributed by atoms with Gasteiger partial charge in [-0.2, -0.15) is 0 Å². The van der Waals surface area contributed by atoms with E-state index in [4.69, 9.17) is 19.9 Å². The van der Waals surface area contributed by atoms with E-state index < -0.39 is 0 Å². The van der Waals surface area contributed by atoms with Crippen molar-refractivity contribution in [3.63, 3.8) is 0 Å². The summed E-state index contributed by atoms with van der Waals surface area (Å²) in [5, 5.41) is 0. The zero-order chi connectivity index (χ0) is 21.6. The molecule has 30 heavy (non-hydrogen) atoms.